The number of hydrogen-bond acceptors (Lipinski definition) is 5. The van der Waals surface area contributed by atoms with Crippen LogP contribution in [-0.4, -0.2) is 64.7 Å². The monoisotopic (exact) mass is 539 g/mol. The summed E-state index contributed by atoms with van der Waals surface area (Å²) in [6.45, 7) is 0.900. The third-order valence-electron chi connectivity index (χ3n) is 8.05. The molecule has 1 aromatic carbocycles. The summed E-state index contributed by atoms with van der Waals surface area (Å²) in [6.07, 6.45) is 10.3. The minimum Gasteiger partial charge on any atom is -0.443 e. The fraction of sp³-hybridized carbons (Fsp3) is 0.621. The molecule has 2 atom stereocenters. The number of guanidine groups is 1. The maximum absolute atomic E-state index is 13.2. The number of nitrogens with two attached hydrogens (primary N) is 1. The molecule has 3 aliphatic rings. The van der Waals surface area contributed by atoms with Gasteiger partial charge in [0.25, 0.3) is 5.91 Å². The molecule has 4 amide bonds. The normalized spacial score (nSPS) is 22.6. The Labute approximate surface area is 230 Å². The zero-order chi connectivity index (χ0) is 27.6. The Morgan fingerprint density at radius 3 is 2.49 bits per heavy atom. The fourth-order valence-corrected chi connectivity index (χ4v) is 5.91. The Hall–Kier alpha value is -3.43. The molecule has 0 bridgehead atoms. The lowest BCUT2D eigenvalue weighted by Crippen LogP contribution is -2.58. The van der Waals surface area contributed by atoms with Gasteiger partial charge in [0, 0.05) is 19.5 Å². The average molecular weight is 540 g/mol. The largest absolute Gasteiger partial charge is 0.443 e. The number of amides is 4. The van der Waals surface area contributed by atoms with E-state index in [-0.39, 0.29) is 24.4 Å². The van der Waals surface area contributed by atoms with Crippen LogP contribution in [0.25, 0.3) is 0 Å². The van der Waals surface area contributed by atoms with Gasteiger partial charge in [-0.05, 0) is 50.0 Å². The van der Waals surface area contributed by atoms with E-state index in [1.165, 1.54) is 37.0 Å². The first-order valence-corrected chi connectivity index (χ1v) is 14.4. The van der Waals surface area contributed by atoms with Crippen LogP contribution in [0.2, 0.25) is 0 Å². The van der Waals surface area contributed by atoms with Crippen molar-refractivity contribution in [3.05, 3.63) is 35.9 Å². The van der Waals surface area contributed by atoms with Gasteiger partial charge in [0.1, 0.15) is 18.7 Å². The fourth-order valence-electron chi connectivity index (χ4n) is 5.91. The molecule has 0 radical (unpaired) electrons. The molecule has 2 saturated heterocycles. The van der Waals surface area contributed by atoms with E-state index < -0.39 is 24.1 Å². The number of nitrogens with zero attached hydrogens (tertiary/aromatic N) is 3. The molecule has 39 heavy (non-hydrogen) atoms. The molecule has 3 fully saturated rings. The van der Waals surface area contributed by atoms with Crippen molar-refractivity contribution in [2.45, 2.75) is 95.7 Å². The van der Waals surface area contributed by atoms with Gasteiger partial charge in [0.2, 0.25) is 17.8 Å². The van der Waals surface area contributed by atoms with E-state index in [2.05, 4.69) is 10.3 Å². The summed E-state index contributed by atoms with van der Waals surface area (Å²) in [5, 5.41) is 2.84. The predicted molar refractivity (Wildman–Crippen MR) is 146 cm³/mol. The number of likely N-dealkylation sites (tertiary alicyclic amines) is 2. The molecule has 10 heteroatoms. The second-order valence-electron chi connectivity index (χ2n) is 10.8. The van der Waals surface area contributed by atoms with Gasteiger partial charge >= 0.3 is 6.09 Å². The molecular weight excluding hydrogens is 498 g/mol. The minimum absolute atomic E-state index is 0.0189. The molecule has 0 unspecified atom stereocenters. The van der Waals surface area contributed by atoms with Crippen LogP contribution in [0, 0.1) is 5.92 Å². The summed E-state index contributed by atoms with van der Waals surface area (Å²) in [7, 11) is 0. The number of piperidine rings is 1. The number of benzene rings is 1. The van der Waals surface area contributed by atoms with Crippen LogP contribution < -0.4 is 11.1 Å². The highest BCUT2D eigenvalue weighted by molar-refractivity contribution is 6.03. The first-order chi connectivity index (χ1) is 18.9. The predicted octanol–water partition coefficient (Wildman–Crippen LogP) is 3.49. The number of ether oxygens (including phenoxy) is 1. The Morgan fingerprint density at radius 2 is 1.72 bits per heavy atom. The van der Waals surface area contributed by atoms with Gasteiger partial charge < -0.3 is 20.7 Å². The van der Waals surface area contributed by atoms with E-state index in [9.17, 15) is 19.2 Å². The van der Waals surface area contributed by atoms with Gasteiger partial charge in [-0.15, -0.1) is 4.99 Å². The van der Waals surface area contributed by atoms with Crippen molar-refractivity contribution in [3.63, 3.8) is 0 Å². The standard InChI is InChI=1S/C29H41N5O5/c30-28(32-29(38)39-20-22-12-5-2-6-13-22)34-19-8-15-23(27(34)37)31-26(36)24-16-9-18-33(24)25(35)17-7-14-21-10-3-1-4-11-21/h2,5-6,12-13,21,23-24H,1,3-4,7-11,14-20H2,(H,31,36)(H2,30,32,38)/t23-,24-/m0/s1. The molecular formula is C29H41N5O5. The molecule has 10 nitrogen and oxygen atoms in total. The SMILES string of the molecule is N/C(=N\C(=O)OCc1ccccc1)N1CCC[C@H](NC(=O)[C@@H]2CCCN2C(=O)CCCC2CCCCC2)C1=O. The number of nitrogens with one attached hydrogen (secondary N) is 1. The van der Waals surface area contributed by atoms with Crippen LogP contribution in [0.15, 0.2) is 35.3 Å². The van der Waals surface area contributed by atoms with Crippen LogP contribution in [0.4, 0.5) is 4.79 Å². The molecule has 2 aliphatic heterocycles. The Bertz CT molecular complexity index is 1040. The van der Waals surface area contributed by atoms with Gasteiger partial charge in [0.05, 0.1) is 0 Å². The summed E-state index contributed by atoms with van der Waals surface area (Å²) >= 11 is 0. The van der Waals surface area contributed by atoms with Gasteiger partial charge in [0.15, 0.2) is 0 Å². The third kappa shape index (κ3) is 8.03. The number of carbonyl (C=O) groups excluding carboxylic acids is 4. The number of aliphatic imine (C=N–C) groups is 1. The van der Waals surface area contributed by atoms with Crippen LogP contribution in [0.3, 0.4) is 0 Å². The molecule has 4 rings (SSSR count). The Morgan fingerprint density at radius 1 is 0.974 bits per heavy atom. The Balaban J connectivity index is 1.26. The molecule has 0 spiro atoms. The van der Waals surface area contributed by atoms with Gasteiger partial charge in [-0.2, -0.15) is 0 Å². The molecule has 2 heterocycles. The summed E-state index contributed by atoms with van der Waals surface area (Å²) in [6, 6.07) is 7.82. The minimum atomic E-state index is -0.890. The van der Waals surface area contributed by atoms with E-state index in [1.807, 2.05) is 30.3 Å². The summed E-state index contributed by atoms with van der Waals surface area (Å²) in [4.78, 5) is 58.0. The van der Waals surface area contributed by atoms with Crippen molar-refractivity contribution in [1.29, 1.82) is 0 Å². The van der Waals surface area contributed by atoms with Gasteiger partial charge in [-0.1, -0.05) is 62.4 Å². The maximum atomic E-state index is 13.2. The quantitative estimate of drug-likeness (QED) is 0.384. The molecule has 1 aliphatic carbocycles. The average Bonchev–Trinajstić information content (AvgIpc) is 3.45. The molecule has 212 valence electrons. The first-order valence-electron chi connectivity index (χ1n) is 14.4. The van der Waals surface area contributed by atoms with Gasteiger partial charge in [-0.3, -0.25) is 19.3 Å². The lowest BCUT2D eigenvalue weighted by atomic mass is 9.86. The van der Waals surface area contributed by atoms with Crippen molar-refractivity contribution >= 4 is 29.8 Å². The van der Waals surface area contributed by atoms with Crippen LogP contribution in [-0.2, 0) is 25.7 Å². The lowest BCUT2D eigenvalue weighted by Gasteiger charge is -2.33. The highest BCUT2D eigenvalue weighted by atomic mass is 16.5. The molecule has 0 aromatic heterocycles. The second kappa shape index (κ2) is 14.1. The zero-order valence-electron chi connectivity index (χ0n) is 22.7. The molecule has 1 saturated carbocycles. The Kier molecular flexibility index (Phi) is 10.3. The summed E-state index contributed by atoms with van der Waals surface area (Å²) < 4.78 is 5.13. The number of rotatable bonds is 8. The zero-order valence-corrected chi connectivity index (χ0v) is 22.7. The lowest BCUT2D eigenvalue weighted by molar-refractivity contribution is -0.141. The molecule has 3 N–H and O–H groups in total. The van der Waals surface area contributed by atoms with Crippen LogP contribution >= 0.6 is 0 Å². The summed E-state index contributed by atoms with van der Waals surface area (Å²) in [5.41, 5.74) is 6.78. The van der Waals surface area contributed by atoms with E-state index in [0.29, 0.717) is 38.8 Å². The van der Waals surface area contributed by atoms with Gasteiger partial charge in [-0.25, -0.2) is 4.79 Å². The van der Waals surface area contributed by atoms with E-state index in [1.54, 1.807) is 4.90 Å². The summed E-state index contributed by atoms with van der Waals surface area (Å²) in [5.74, 6) is -0.245. The molecule has 1 aromatic rings. The highest BCUT2D eigenvalue weighted by Crippen LogP contribution is 2.28. The van der Waals surface area contributed by atoms with Crippen LogP contribution in [0.5, 0.6) is 0 Å². The van der Waals surface area contributed by atoms with E-state index in [4.69, 9.17) is 10.5 Å². The number of carbonyl (C=O) groups is 4. The van der Waals surface area contributed by atoms with E-state index in [0.717, 1.165) is 30.7 Å². The smallest absolute Gasteiger partial charge is 0.437 e. The highest BCUT2D eigenvalue weighted by Gasteiger charge is 2.38. The van der Waals surface area contributed by atoms with E-state index >= 15 is 0 Å². The van der Waals surface area contributed by atoms with Crippen molar-refractivity contribution in [1.82, 2.24) is 15.1 Å². The second-order valence-corrected chi connectivity index (χ2v) is 10.8. The van der Waals surface area contributed by atoms with Crippen molar-refractivity contribution in [3.8, 4) is 0 Å². The van der Waals surface area contributed by atoms with Crippen molar-refractivity contribution < 1.29 is 23.9 Å². The number of hydrogen-bond donors (Lipinski definition) is 2. The third-order valence-corrected chi connectivity index (χ3v) is 8.05. The van der Waals surface area contributed by atoms with Crippen LogP contribution in [0.1, 0.15) is 82.6 Å². The van der Waals surface area contributed by atoms with Crippen molar-refractivity contribution in [2.24, 2.45) is 16.6 Å². The van der Waals surface area contributed by atoms with Crippen molar-refractivity contribution in [2.75, 3.05) is 13.1 Å². The topological polar surface area (TPSA) is 134 Å². The first kappa shape index (κ1) is 28.6. The maximum Gasteiger partial charge on any atom is 0.437 e.